The Hall–Kier alpha value is -1.55. The molecule has 0 bridgehead atoms. The number of hydrogen-bond donors (Lipinski definition) is 3. The maximum Gasteiger partial charge on any atom is 0.206 e. The highest BCUT2D eigenvalue weighted by atomic mass is 19.1. The number of aromatic hydroxyl groups is 2. The Kier molecular flexibility index (Phi) is 2.53. The number of rotatable bonds is 2. The number of hydrogen-bond acceptors (Lipinski definition) is 3. The molecule has 0 radical (unpaired) electrons. The van der Waals surface area contributed by atoms with Gasteiger partial charge in [0.05, 0.1) is 6.04 Å². The summed E-state index contributed by atoms with van der Waals surface area (Å²) in [6.07, 6.45) is 1.37. The van der Waals surface area contributed by atoms with Crippen molar-refractivity contribution in [3.8, 4) is 11.5 Å². The van der Waals surface area contributed by atoms with Gasteiger partial charge >= 0.3 is 0 Å². The molecule has 4 N–H and O–H groups in total. The van der Waals surface area contributed by atoms with E-state index < -0.39 is 23.4 Å². The van der Waals surface area contributed by atoms with Gasteiger partial charge in [0.2, 0.25) is 5.82 Å². The third kappa shape index (κ3) is 1.62. The van der Waals surface area contributed by atoms with Crippen LogP contribution >= 0.6 is 0 Å². The fraction of sp³-hybridized carbons (Fsp3) is 0.111. The smallest absolute Gasteiger partial charge is 0.206 e. The van der Waals surface area contributed by atoms with Gasteiger partial charge in [-0.2, -0.15) is 4.39 Å². The fourth-order valence-corrected chi connectivity index (χ4v) is 0.965. The first-order valence-electron chi connectivity index (χ1n) is 3.66. The molecule has 13 heavy (non-hydrogen) atoms. The number of phenolic OH excluding ortho intramolecular Hbond substituents is 2. The summed E-state index contributed by atoms with van der Waals surface area (Å²) in [6.45, 7) is 3.41. The summed E-state index contributed by atoms with van der Waals surface area (Å²) < 4.78 is 12.9. The van der Waals surface area contributed by atoms with E-state index in [1.165, 1.54) is 12.1 Å². The Morgan fingerprint density at radius 2 is 2.08 bits per heavy atom. The zero-order valence-electron chi connectivity index (χ0n) is 6.87. The lowest BCUT2D eigenvalue weighted by atomic mass is 10.1. The monoisotopic (exact) mass is 183 g/mol. The van der Waals surface area contributed by atoms with Crippen LogP contribution in [-0.4, -0.2) is 10.2 Å². The molecule has 70 valence electrons. The van der Waals surface area contributed by atoms with Crippen LogP contribution in [0, 0.1) is 5.82 Å². The van der Waals surface area contributed by atoms with Gasteiger partial charge in [-0.15, -0.1) is 6.58 Å². The molecule has 1 aromatic carbocycles. The van der Waals surface area contributed by atoms with Gasteiger partial charge in [0.1, 0.15) is 0 Å². The lowest BCUT2D eigenvalue weighted by molar-refractivity contribution is 0.384. The van der Waals surface area contributed by atoms with Crippen LogP contribution in [0.2, 0.25) is 0 Å². The van der Waals surface area contributed by atoms with E-state index in [0.717, 1.165) is 6.07 Å². The van der Waals surface area contributed by atoms with E-state index in [2.05, 4.69) is 6.58 Å². The molecule has 0 aliphatic carbocycles. The summed E-state index contributed by atoms with van der Waals surface area (Å²) in [6, 6.07) is 1.84. The summed E-state index contributed by atoms with van der Waals surface area (Å²) in [5.74, 6) is -2.29. The van der Waals surface area contributed by atoms with Gasteiger partial charge in [-0.1, -0.05) is 6.08 Å². The van der Waals surface area contributed by atoms with Gasteiger partial charge in [0, 0.05) is 5.56 Å². The topological polar surface area (TPSA) is 66.5 Å². The lowest BCUT2D eigenvalue weighted by Gasteiger charge is -2.09. The molecule has 0 aliphatic rings. The second-order valence-electron chi connectivity index (χ2n) is 2.60. The van der Waals surface area contributed by atoms with Crippen LogP contribution in [0.15, 0.2) is 24.8 Å². The van der Waals surface area contributed by atoms with Crippen LogP contribution in [0.3, 0.4) is 0 Å². The number of benzene rings is 1. The first-order valence-corrected chi connectivity index (χ1v) is 3.66. The van der Waals surface area contributed by atoms with Gasteiger partial charge in [-0.3, -0.25) is 0 Å². The number of halogens is 1. The predicted molar refractivity (Wildman–Crippen MR) is 46.9 cm³/mol. The molecule has 3 nitrogen and oxygen atoms in total. The SMILES string of the molecule is C=C[C@@H](N)c1ccc(O)c(F)c1O. The highest BCUT2D eigenvalue weighted by molar-refractivity contribution is 5.43. The lowest BCUT2D eigenvalue weighted by Crippen LogP contribution is -2.07. The van der Waals surface area contributed by atoms with E-state index in [4.69, 9.17) is 10.8 Å². The second kappa shape index (κ2) is 3.45. The van der Waals surface area contributed by atoms with E-state index in [1.54, 1.807) is 0 Å². The van der Waals surface area contributed by atoms with Crippen LogP contribution in [0.25, 0.3) is 0 Å². The summed E-state index contributed by atoms with van der Waals surface area (Å²) in [5, 5.41) is 18.1. The largest absolute Gasteiger partial charge is 0.505 e. The van der Waals surface area contributed by atoms with Crippen molar-refractivity contribution >= 4 is 0 Å². The molecule has 0 aliphatic heterocycles. The zero-order valence-corrected chi connectivity index (χ0v) is 6.87. The molecular weight excluding hydrogens is 173 g/mol. The van der Waals surface area contributed by atoms with E-state index in [-0.39, 0.29) is 5.56 Å². The summed E-state index contributed by atoms with van der Waals surface area (Å²) in [4.78, 5) is 0. The van der Waals surface area contributed by atoms with Crippen LogP contribution in [0.1, 0.15) is 11.6 Å². The van der Waals surface area contributed by atoms with Gasteiger partial charge in [-0.25, -0.2) is 0 Å². The van der Waals surface area contributed by atoms with Crippen molar-refractivity contribution in [2.24, 2.45) is 5.73 Å². The summed E-state index contributed by atoms with van der Waals surface area (Å²) >= 11 is 0. The Morgan fingerprint density at radius 1 is 1.46 bits per heavy atom. The molecule has 0 saturated carbocycles. The van der Waals surface area contributed by atoms with Gasteiger partial charge in [0.15, 0.2) is 11.5 Å². The molecule has 1 atom stereocenters. The normalized spacial score (nSPS) is 12.5. The van der Waals surface area contributed by atoms with Crippen molar-refractivity contribution < 1.29 is 14.6 Å². The zero-order chi connectivity index (χ0) is 10.0. The maximum absolute atomic E-state index is 12.9. The van der Waals surface area contributed by atoms with E-state index in [9.17, 15) is 9.50 Å². The minimum absolute atomic E-state index is 0.199. The average Bonchev–Trinajstić information content (AvgIpc) is 2.13. The summed E-state index contributed by atoms with van der Waals surface area (Å²) in [5.41, 5.74) is 5.69. The highest BCUT2D eigenvalue weighted by Crippen LogP contribution is 2.31. The third-order valence-corrected chi connectivity index (χ3v) is 1.74. The van der Waals surface area contributed by atoms with Gasteiger partial charge in [-0.05, 0) is 12.1 Å². The maximum atomic E-state index is 12.9. The molecule has 0 fully saturated rings. The Balaban J connectivity index is 3.25. The Labute approximate surface area is 74.9 Å². The molecular formula is C9H10FNO2. The van der Waals surface area contributed by atoms with Crippen LogP contribution in [0.4, 0.5) is 4.39 Å². The molecule has 0 aromatic heterocycles. The summed E-state index contributed by atoms with van der Waals surface area (Å²) in [7, 11) is 0. The van der Waals surface area contributed by atoms with E-state index in [0.29, 0.717) is 0 Å². The van der Waals surface area contributed by atoms with Crippen molar-refractivity contribution in [1.29, 1.82) is 0 Å². The predicted octanol–water partition coefficient (Wildman–Crippen LogP) is 1.42. The molecule has 0 amide bonds. The van der Waals surface area contributed by atoms with Gasteiger partial charge in [0.25, 0.3) is 0 Å². The molecule has 0 saturated heterocycles. The minimum Gasteiger partial charge on any atom is -0.505 e. The van der Waals surface area contributed by atoms with Crippen molar-refractivity contribution in [2.45, 2.75) is 6.04 Å². The molecule has 4 heteroatoms. The molecule has 0 heterocycles. The van der Waals surface area contributed by atoms with Crippen LogP contribution < -0.4 is 5.73 Å². The van der Waals surface area contributed by atoms with Crippen molar-refractivity contribution in [1.82, 2.24) is 0 Å². The van der Waals surface area contributed by atoms with E-state index in [1.807, 2.05) is 0 Å². The number of phenols is 2. The average molecular weight is 183 g/mol. The first-order chi connectivity index (χ1) is 6.07. The molecule has 1 rings (SSSR count). The van der Waals surface area contributed by atoms with Crippen LogP contribution in [-0.2, 0) is 0 Å². The second-order valence-corrected chi connectivity index (χ2v) is 2.60. The molecule has 0 unspecified atom stereocenters. The standard InChI is InChI=1S/C9H10FNO2/c1-2-6(11)5-3-4-7(12)8(10)9(5)13/h2-4,6,12-13H,1,11H2/t6-/m1/s1. The molecule has 0 spiro atoms. The van der Waals surface area contributed by atoms with Crippen molar-refractivity contribution in [2.75, 3.05) is 0 Å². The van der Waals surface area contributed by atoms with Crippen molar-refractivity contribution in [3.63, 3.8) is 0 Å². The first kappa shape index (κ1) is 9.54. The van der Waals surface area contributed by atoms with E-state index >= 15 is 0 Å². The van der Waals surface area contributed by atoms with Crippen molar-refractivity contribution in [3.05, 3.63) is 36.2 Å². The quantitative estimate of drug-likeness (QED) is 0.607. The third-order valence-electron chi connectivity index (χ3n) is 1.74. The Bertz CT molecular complexity index is 339. The van der Waals surface area contributed by atoms with Gasteiger partial charge < -0.3 is 15.9 Å². The molecule has 1 aromatic rings. The van der Waals surface area contributed by atoms with Crippen LogP contribution in [0.5, 0.6) is 11.5 Å². The minimum atomic E-state index is -1.06. The fourth-order valence-electron chi connectivity index (χ4n) is 0.965. The number of nitrogens with two attached hydrogens (primary N) is 1. The Morgan fingerprint density at radius 3 is 2.62 bits per heavy atom. The highest BCUT2D eigenvalue weighted by Gasteiger charge is 2.14.